The van der Waals surface area contributed by atoms with Crippen LogP contribution in [0.3, 0.4) is 0 Å². The van der Waals surface area contributed by atoms with Crippen LogP contribution in [0.4, 0.5) is 25.0 Å². The van der Waals surface area contributed by atoms with E-state index in [2.05, 4.69) is 10.6 Å². The number of benzene rings is 2. The fourth-order valence-electron chi connectivity index (χ4n) is 2.36. The summed E-state index contributed by atoms with van der Waals surface area (Å²) in [7, 11) is 0. The summed E-state index contributed by atoms with van der Waals surface area (Å²) >= 11 is 0. The second-order valence-corrected chi connectivity index (χ2v) is 5.23. The van der Waals surface area contributed by atoms with Crippen LogP contribution in [0, 0.1) is 11.6 Å². The van der Waals surface area contributed by atoms with Crippen molar-refractivity contribution < 1.29 is 27.5 Å². The molecule has 1 heterocycles. The standard InChI is InChI=1S/C18H14F2N2O4/c1-2-25-18(24)22-15-11-5-3-4-6-14(11)26-16(15)17(23)21-10-7-8-12(19)13(20)9-10/h3-9H,2H2,1H3,(H,21,23)(H,22,24). The van der Waals surface area contributed by atoms with Gasteiger partial charge < -0.3 is 14.5 Å². The molecule has 1 aromatic heterocycles. The lowest BCUT2D eigenvalue weighted by molar-refractivity contribution is 0.0999. The SMILES string of the molecule is CCOC(=O)Nc1c(C(=O)Nc2ccc(F)c(F)c2)oc2ccccc12. The largest absolute Gasteiger partial charge is 0.450 e. The summed E-state index contributed by atoms with van der Waals surface area (Å²) in [6.07, 6.45) is -0.749. The van der Waals surface area contributed by atoms with Crippen LogP contribution in [0.15, 0.2) is 46.9 Å². The number of carbonyl (C=O) groups is 2. The third-order valence-corrected chi connectivity index (χ3v) is 3.48. The number of carbonyl (C=O) groups excluding carboxylic acids is 2. The van der Waals surface area contributed by atoms with Crippen LogP contribution in [-0.2, 0) is 4.74 Å². The van der Waals surface area contributed by atoms with Crippen molar-refractivity contribution in [2.45, 2.75) is 6.92 Å². The number of rotatable bonds is 4. The van der Waals surface area contributed by atoms with E-state index in [1.165, 1.54) is 6.07 Å². The van der Waals surface area contributed by atoms with Gasteiger partial charge in [-0.3, -0.25) is 10.1 Å². The first kappa shape index (κ1) is 17.4. The van der Waals surface area contributed by atoms with E-state index in [0.717, 1.165) is 12.1 Å². The van der Waals surface area contributed by atoms with Crippen molar-refractivity contribution in [1.29, 1.82) is 0 Å². The van der Waals surface area contributed by atoms with Gasteiger partial charge in [-0.15, -0.1) is 0 Å². The van der Waals surface area contributed by atoms with Crippen molar-refractivity contribution in [3.63, 3.8) is 0 Å². The molecule has 6 nitrogen and oxygen atoms in total. The van der Waals surface area contributed by atoms with Crippen molar-refractivity contribution in [1.82, 2.24) is 0 Å². The van der Waals surface area contributed by atoms with E-state index in [-0.39, 0.29) is 23.7 Å². The van der Waals surface area contributed by atoms with Crippen LogP contribution >= 0.6 is 0 Å². The number of hydrogen-bond acceptors (Lipinski definition) is 4. The first-order chi connectivity index (χ1) is 12.5. The highest BCUT2D eigenvalue weighted by molar-refractivity contribution is 6.13. The topological polar surface area (TPSA) is 80.6 Å². The molecule has 0 atom stereocenters. The average Bonchev–Trinajstić information content (AvgIpc) is 2.97. The molecule has 0 saturated heterocycles. The van der Waals surface area contributed by atoms with Gasteiger partial charge in [0.25, 0.3) is 5.91 Å². The molecule has 2 N–H and O–H groups in total. The van der Waals surface area contributed by atoms with Crippen LogP contribution in [0.25, 0.3) is 11.0 Å². The Hall–Kier alpha value is -3.42. The Morgan fingerprint density at radius 2 is 1.85 bits per heavy atom. The number of fused-ring (bicyclic) bond motifs is 1. The highest BCUT2D eigenvalue weighted by Crippen LogP contribution is 2.31. The quantitative estimate of drug-likeness (QED) is 0.716. The molecule has 0 aliphatic rings. The van der Waals surface area contributed by atoms with Gasteiger partial charge >= 0.3 is 6.09 Å². The summed E-state index contributed by atoms with van der Waals surface area (Å²) in [5, 5.41) is 5.37. The Morgan fingerprint density at radius 3 is 2.58 bits per heavy atom. The van der Waals surface area contributed by atoms with Crippen LogP contribution in [0.1, 0.15) is 17.5 Å². The molecule has 134 valence electrons. The van der Waals surface area contributed by atoms with E-state index in [4.69, 9.17) is 9.15 Å². The summed E-state index contributed by atoms with van der Waals surface area (Å²) in [5.41, 5.74) is 0.533. The highest BCUT2D eigenvalue weighted by Gasteiger charge is 2.23. The number of furan rings is 1. The van der Waals surface area contributed by atoms with Gasteiger partial charge in [0.1, 0.15) is 11.3 Å². The number of amides is 2. The molecule has 0 radical (unpaired) electrons. The number of halogens is 2. The Bertz CT molecular complexity index is 984. The third kappa shape index (κ3) is 3.49. The van der Waals surface area contributed by atoms with Gasteiger partial charge in [-0.05, 0) is 31.2 Å². The molecule has 0 fully saturated rings. The van der Waals surface area contributed by atoms with Gasteiger partial charge in [0, 0.05) is 17.1 Å². The molecular formula is C18H14F2N2O4. The normalized spacial score (nSPS) is 10.6. The monoisotopic (exact) mass is 360 g/mol. The minimum Gasteiger partial charge on any atom is -0.450 e. The Balaban J connectivity index is 1.95. The van der Waals surface area contributed by atoms with Gasteiger partial charge in [0.05, 0.1) is 6.61 Å². The predicted octanol–water partition coefficient (Wildman–Crippen LogP) is 4.53. The van der Waals surface area contributed by atoms with Gasteiger partial charge in [-0.25, -0.2) is 13.6 Å². The molecule has 3 aromatic rings. The van der Waals surface area contributed by atoms with Crippen LogP contribution < -0.4 is 10.6 Å². The second kappa shape index (κ2) is 7.22. The minimum absolute atomic E-state index is 0.0384. The average molecular weight is 360 g/mol. The number of anilines is 2. The summed E-state index contributed by atoms with van der Waals surface area (Å²) in [4.78, 5) is 24.3. The maximum atomic E-state index is 13.3. The van der Waals surface area contributed by atoms with Gasteiger partial charge in [-0.2, -0.15) is 0 Å². The van der Waals surface area contributed by atoms with Crippen molar-refractivity contribution in [3.8, 4) is 0 Å². The van der Waals surface area contributed by atoms with Crippen LogP contribution in [0.2, 0.25) is 0 Å². The molecule has 0 unspecified atom stereocenters. The van der Waals surface area contributed by atoms with E-state index in [9.17, 15) is 18.4 Å². The minimum atomic E-state index is -1.10. The van der Waals surface area contributed by atoms with Crippen LogP contribution in [-0.4, -0.2) is 18.6 Å². The van der Waals surface area contributed by atoms with Crippen molar-refractivity contribution in [3.05, 3.63) is 59.9 Å². The fraction of sp³-hybridized carbons (Fsp3) is 0.111. The number of nitrogens with one attached hydrogen (secondary N) is 2. The van der Waals surface area contributed by atoms with Crippen molar-refractivity contribution in [2.75, 3.05) is 17.2 Å². The smallest absolute Gasteiger partial charge is 0.411 e. The van der Waals surface area contributed by atoms with Crippen molar-refractivity contribution >= 4 is 34.3 Å². The zero-order valence-electron chi connectivity index (χ0n) is 13.6. The van der Waals surface area contributed by atoms with E-state index >= 15 is 0 Å². The molecule has 26 heavy (non-hydrogen) atoms. The molecule has 0 bridgehead atoms. The predicted molar refractivity (Wildman–Crippen MR) is 91.2 cm³/mol. The molecule has 2 amide bonds. The first-order valence-electron chi connectivity index (χ1n) is 7.71. The summed E-state index contributed by atoms with van der Waals surface area (Å²) in [6.45, 7) is 1.79. The molecule has 0 aliphatic carbocycles. The molecule has 0 spiro atoms. The maximum absolute atomic E-state index is 13.3. The zero-order valence-corrected chi connectivity index (χ0v) is 13.6. The summed E-state index contributed by atoms with van der Waals surface area (Å²) in [5.74, 6) is -3.06. The van der Waals surface area contributed by atoms with Gasteiger partial charge in [0.15, 0.2) is 11.6 Å². The van der Waals surface area contributed by atoms with E-state index in [1.807, 2.05) is 0 Å². The molecule has 2 aromatic carbocycles. The van der Waals surface area contributed by atoms with E-state index in [1.54, 1.807) is 31.2 Å². The Labute approximate surface area is 146 Å². The maximum Gasteiger partial charge on any atom is 0.411 e. The third-order valence-electron chi connectivity index (χ3n) is 3.48. The number of hydrogen-bond donors (Lipinski definition) is 2. The lowest BCUT2D eigenvalue weighted by Gasteiger charge is -2.07. The van der Waals surface area contributed by atoms with Gasteiger partial charge in [0.2, 0.25) is 5.76 Å². The molecule has 0 saturated carbocycles. The molecule has 3 rings (SSSR count). The number of para-hydroxylation sites is 1. The van der Waals surface area contributed by atoms with Gasteiger partial charge in [-0.1, -0.05) is 12.1 Å². The summed E-state index contributed by atoms with van der Waals surface area (Å²) in [6, 6.07) is 9.64. The Kier molecular flexibility index (Phi) is 4.83. The molecule has 8 heteroatoms. The second-order valence-electron chi connectivity index (χ2n) is 5.23. The number of ether oxygens (including phenoxy) is 1. The molecular weight excluding hydrogens is 346 g/mol. The van der Waals surface area contributed by atoms with E-state index < -0.39 is 23.6 Å². The summed E-state index contributed by atoms with van der Waals surface area (Å²) < 4.78 is 36.7. The fourth-order valence-corrected chi connectivity index (χ4v) is 2.36. The zero-order chi connectivity index (χ0) is 18.7. The molecule has 0 aliphatic heterocycles. The highest BCUT2D eigenvalue weighted by atomic mass is 19.2. The van der Waals surface area contributed by atoms with E-state index in [0.29, 0.717) is 11.0 Å². The van der Waals surface area contributed by atoms with Crippen molar-refractivity contribution in [2.24, 2.45) is 0 Å². The van der Waals surface area contributed by atoms with Crippen LogP contribution in [0.5, 0.6) is 0 Å². The first-order valence-corrected chi connectivity index (χ1v) is 7.71. The lowest BCUT2D eigenvalue weighted by Crippen LogP contribution is -2.18. The lowest BCUT2D eigenvalue weighted by atomic mass is 10.2. The Morgan fingerprint density at radius 1 is 1.08 bits per heavy atom.